The smallest absolute Gasteiger partial charge is 0.417 e. The number of aromatic amines is 1. The van der Waals surface area contributed by atoms with E-state index in [0.717, 1.165) is 23.1 Å². The van der Waals surface area contributed by atoms with E-state index < -0.39 is 11.7 Å². The molecule has 0 fully saturated rings. The van der Waals surface area contributed by atoms with Crippen LogP contribution in [0.4, 0.5) is 19.1 Å². The third-order valence-electron chi connectivity index (χ3n) is 4.83. The lowest BCUT2D eigenvalue weighted by molar-refractivity contribution is -0.137. The number of H-pyrrole nitrogens is 1. The molecule has 4 aromatic rings. The van der Waals surface area contributed by atoms with Crippen LogP contribution in [0, 0.1) is 0 Å². The minimum absolute atomic E-state index is 0.0499. The second-order valence-electron chi connectivity index (χ2n) is 7.04. The molecule has 0 saturated heterocycles. The summed E-state index contributed by atoms with van der Waals surface area (Å²) in [5.74, 6) is 0.943. The van der Waals surface area contributed by atoms with Gasteiger partial charge in [0.2, 0.25) is 5.95 Å². The first-order valence-electron chi connectivity index (χ1n) is 9.61. The van der Waals surface area contributed by atoms with Crippen molar-refractivity contribution in [2.45, 2.75) is 12.7 Å². The second kappa shape index (κ2) is 8.66. The summed E-state index contributed by atoms with van der Waals surface area (Å²) in [7, 11) is 3.32. The number of hydrogen-bond acceptors (Lipinski definition) is 6. The normalized spacial score (nSPS) is 11.4. The van der Waals surface area contributed by atoms with Crippen molar-refractivity contribution in [2.24, 2.45) is 0 Å². The predicted octanol–water partition coefficient (Wildman–Crippen LogP) is 4.59. The standard InChI is InChI=1S/C22H19F3N6O/c1-31(13-15-11-19(29-28-15)14-7-9-16(32-2)10-8-14)21-27-20(12-26-30-21)17-5-3-4-6-18(17)22(23,24)25/h3-12H,13H2,1-2H3,(H,28,29). The summed E-state index contributed by atoms with van der Waals surface area (Å²) < 4.78 is 45.3. The lowest BCUT2D eigenvalue weighted by Gasteiger charge is -2.16. The van der Waals surface area contributed by atoms with Gasteiger partial charge in [-0.1, -0.05) is 18.2 Å². The van der Waals surface area contributed by atoms with E-state index in [-0.39, 0.29) is 17.2 Å². The molecule has 2 aromatic heterocycles. The van der Waals surface area contributed by atoms with Gasteiger partial charge in [-0.05, 0) is 42.0 Å². The largest absolute Gasteiger partial charge is 0.497 e. The number of halogens is 3. The monoisotopic (exact) mass is 440 g/mol. The number of aromatic nitrogens is 5. The van der Waals surface area contributed by atoms with E-state index in [2.05, 4.69) is 25.4 Å². The molecule has 0 bridgehead atoms. The van der Waals surface area contributed by atoms with Crippen molar-refractivity contribution >= 4 is 5.95 Å². The Labute approximate surface area is 181 Å². The molecule has 0 amide bonds. The first-order chi connectivity index (χ1) is 15.3. The van der Waals surface area contributed by atoms with E-state index in [1.165, 1.54) is 24.4 Å². The summed E-state index contributed by atoms with van der Waals surface area (Å²) in [5.41, 5.74) is 1.74. The summed E-state index contributed by atoms with van der Waals surface area (Å²) in [6.45, 7) is 0.332. The van der Waals surface area contributed by atoms with Crippen molar-refractivity contribution < 1.29 is 17.9 Å². The van der Waals surface area contributed by atoms with Gasteiger partial charge in [0.05, 0.1) is 42.5 Å². The number of hydrogen-bond donors (Lipinski definition) is 1. The number of anilines is 1. The first kappa shape index (κ1) is 21.3. The number of benzene rings is 2. The van der Waals surface area contributed by atoms with Crippen LogP contribution in [0.3, 0.4) is 0 Å². The Hall–Kier alpha value is -3.95. The topological polar surface area (TPSA) is 79.8 Å². The first-order valence-corrected chi connectivity index (χ1v) is 9.61. The quantitative estimate of drug-likeness (QED) is 0.472. The molecule has 0 saturated carbocycles. The van der Waals surface area contributed by atoms with Crippen molar-refractivity contribution in [3.63, 3.8) is 0 Å². The fourth-order valence-electron chi connectivity index (χ4n) is 3.22. The molecule has 32 heavy (non-hydrogen) atoms. The fraction of sp³-hybridized carbons (Fsp3) is 0.182. The number of rotatable bonds is 6. The van der Waals surface area contributed by atoms with E-state index in [0.29, 0.717) is 12.2 Å². The van der Waals surface area contributed by atoms with Gasteiger partial charge in [0.25, 0.3) is 0 Å². The van der Waals surface area contributed by atoms with Crippen LogP contribution >= 0.6 is 0 Å². The Morgan fingerprint density at radius 2 is 1.81 bits per heavy atom. The third kappa shape index (κ3) is 4.53. The van der Waals surface area contributed by atoms with Crippen molar-refractivity contribution in [3.05, 3.63) is 72.1 Å². The number of nitrogens with one attached hydrogen (secondary N) is 1. The molecule has 0 unspecified atom stereocenters. The zero-order valence-electron chi connectivity index (χ0n) is 17.3. The Bertz CT molecular complexity index is 1210. The molecule has 0 atom stereocenters. The summed E-state index contributed by atoms with van der Waals surface area (Å²) in [4.78, 5) is 5.97. The van der Waals surface area contributed by atoms with Crippen LogP contribution < -0.4 is 9.64 Å². The average Bonchev–Trinajstić information content (AvgIpc) is 3.27. The van der Waals surface area contributed by atoms with Gasteiger partial charge in [0, 0.05) is 12.6 Å². The average molecular weight is 440 g/mol. The summed E-state index contributed by atoms with van der Waals surface area (Å²) in [6, 6.07) is 14.7. The number of methoxy groups -OCH3 is 1. The Morgan fingerprint density at radius 1 is 1.06 bits per heavy atom. The van der Waals surface area contributed by atoms with Gasteiger partial charge in [-0.2, -0.15) is 23.4 Å². The van der Waals surface area contributed by atoms with Crippen LogP contribution in [-0.4, -0.2) is 39.5 Å². The molecular formula is C22H19F3N6O. The van der Waals surface area contributed by atoms with Crippen LogP contribution in [0.2, 0.25) is 0 Å². The van der Waals surface area contributed by atoms with Gasteiger partial charge in [-0.15, -0.1) is 5.10 Å². The Morgan fingerprint density at radius 3 is 2.53 bits per heavy atom. The molecule has 2 heterocycles. The zero-order valence-corrected chi connectivity index (χ0v) is 17.3. The van der Waals surface area contributed by atoms with Crippen molar-refractivity contribution in [1.82, 2.24) is 25.4 Å². The highest BCUT2D eigenvalue weighted by Crippen LogP contribution is 2.36. The molecule has 1 N–H and O–H groups in total. The van der Waals surface area contributed by atoms with E-state index >= 15 is 0 Å². The van der Waals surface area contributed by atoms with Crippen LogP contribution in [0.15, 0.2) is 60.8 Å². The minimum Gasteiger partial charge on any atom is -0.497 e. The highest BCUT2D eigenvalue weighted by molar-refractivity contribution is 5.64. The molecule has 7 nitrogen and oxygen atoms in total. The van der Waals surface area contributed by atoms with Gasteiger partial charge in [0.15, 0.2) is 0 Å². The van der Waals surface area contributed by atoms with Gasteiger partial charge < -0.3 is 9.64 Å². The second-order valence-corrected chi connectivity index (χ2v) is 7.04. The van der Waals surface area contributed by atoms with Crippen LogP contribution in [0.5, 0.6) is 5.75 Å². The van der Waals surface area contributed by atoms with Gasteiger partial charge in [-0.25, -0.2) is 4.98 Å². The fourth-order valence-corrected chi connectivity index (χ4v) is 3.22. The highest BCUT2D eigenvalue weighted by Gasteiger charge is 2.33. The number of alkyl halides is 3. The summed E-state index contributed by atoms with van der Waals surface area (Å²) >= 11 is 0. The van der Waals surface area contributed by atoms with E-state index in [1.54, 1.807) is 19.1 Å². The summed E-state index contributed by atoms with van der Waals surface area (Å²) in [6.07, 6.45) is -3.28. The lowest BCUT2D eigenvalue weighted by Crippen LogP contribution is -2.20. The van der Waals surface area contributed by atoms with E-state index in [4.69, 9.17) is 4.74 Å². The number of nitrogens with zero attached hydrogens (tertiary/aromatic N) is 5. The Balaban J connectivity index is 1.54. The predicted molar refractivity (Wildman–Crippen MR) is 113 cm³/mol. The van der Waals surface area contributed by atoms with Crippen molar-refractivity contribution in [2.75, 3.05) is 19.1 Å². The highest BCUT2D eigenvalue weighted by atomic mass is 19.4. The van der Waals surface area contributed by atoms with Gasteiger partial charge >= 0.3 is 6.18 Å². The molecule has 0 aliphatic rings. The molecule has 164 valence electrons. The van der Waals surface area contributed by atoms with Crippen LogP contribution in [0.25, 0.3) is 22.5 Å². The molecule has 0 radical (unpaired) electrons. The molecule has 2 aromatic carbocycles. The molecule has 10 heteroatoms. The molecule has 4 rings (SSSR count). The molecule has 0 aliphatic heterocycles. The van der Waals surface area contributed by atoms with E-state index in [9.17, 15) is 13.2 Å². The third-order valence-corrected chi connectivity index (χ3v) is 4.83. The summed E-state index contributed by atoms with van der Waals surface area (Å²) in [5, 5.41) is 15.1. The van der Waals surface area contributed by atoms with Crippen LogP contribution in [0.1, 0.15) is 11.3 Å². The SMILES string of the molecule is COc1ccc(-c2cc(CN(C)c3nncc(-c4ccccc4C(F)(F)F)n3)n[nH]2)cc1. The molecule has 0 aliphatic carbocycles. The van der Waals surface area contributed by atoms with Crippen molar-refractivity contribution in [1.29, 1.82) is 0 Å². The van der Waals surface area contributed by atoms with Gasteiger partial charge in [0.1, 0.15) is 5.75 Å². The molecule has 0 spiro atoms. The molecular weight excluding hydrogens is 421 g/mol. The maximum atomic E-state index is 13.4. The zero-order chi connectivity index (χ0) is 22.7. The maximum Gasteiger partial charge on any atom is 0.417 e. The lowest BCUT2D eigenvalue weighted by atomic mass is 10.0. The van der Waals surface area contributed by atoms with Crippen LogP contribution in [-0.2, 0) is 12.7 Å². The van der Waals surface area contributed by atoms with Crippen molar-refractivity contribution in [3.8, 4) is 28.3 Å². The Kier molecular flexibility index (Phi) is 5.76. The number of ether oxygens (including phenoxy) is 1. The minimum atomic E-state index is -4.50. The van der Waals surface area contributed by atoms with Gasteiger partial charge in [-0.3, -0.25) is 5.10 Å². The maximum absolute atomic E-state index is 13.4. The van der Waals surface area contributed by atoms with E-state index in [1.807, 2.05) is 30.3 Å².